The molecule has 0 spiro atoms. The van der Waals surface area contributed by atoms with Gasteiger partial charge in [-0.3, -0.25) is 0 Å². The second-order valence-electron chi connectivity index (χ2n) is 4.28. The first-order valence-corrected chi connectivity index (χ1v) is 5.95. The average molecular weight is 236 g/mol. The lowest BCUT2D eigenvalue weighted by molar-refractivity contribution is 0.328. The van der Waals surface area contributed by atoms with E-state index >= 15 is 0 Å². The van der Waals surface area contributed by atoms with Gasteiger partial charge in [-0.1, -0.05) is 6.07 Å². The van der Waals surface area contributed by atoms with Gasteiger partial charge >= 0.3 is 0 Å². The summed E-state index contributed by atoms with van der Waals surface area (Å²) >= 11 is 0. The van der Waals surface area contributed by atoms with E-state index in [1.54, 1.807) is 14.2 Å². The highest BCUT2D eigenvalue weighted by Gasteiger charge is 2.24. The fourth-order valence-electron chi connectivity index (χ4n) is 2.28. The van der Waals surface area contributed by atoms with Crippen LogP contribution in [-0.2, 0) is 0 Å². The van der Waals surface area contributed by atoms with Gasteiger partial charge in [0.2, 0.25) is 0 Å². The van der Waals surface area contributed by atoms with Gasteiger partial charge in [0.1, 0.15) is 11.5 Å². The van der Waals surface area contributed by atoms with Crippen LogP contribution >= 0.6 is 0 Å². The van der Waals surface area contributed by atoms with Crippen LogP contribution in [-0.4, -0.2) is 33.4 Å². The van der Waals surface area contributed by atoms with Gasteiger partial charge in [-0.2, -0.15) is 0 Å². The smallest absolute Gasteiger partial charge is 0.127 e. The second kappa shape index (κ2) is 5.38. The molecule has 1 fully saturated rings. The summed E-state index contributed by atoms with van der Waals surface area (Å²) in [5.41, 5.74) is 1.17. The third-order valence-electron chi connectivity index (χ3n) is 3.23. The van der Waals surface area contributed by atoms with Crippen molar-refractivity contribution >= 4 is 0 Å². The van der Waals surface area contributed by atoms with E-state index in [1.165, 1.54) is 5.56 Å². The van der Waals surface area contributed by atoms with E-state index in [9.17, 15) is 0 Å². The Morgan fingerprint density at radius 2 is 1.88 bits per heavy atom. The zero-order chi connectivity index (χ0) is 12.3. The molecular weight excluding hydrogens is 216 g/mol. The molecule has 0 aromatic heterocycles. The summed E-state index contributed by atoms with van der Waals surface area (Å²) in [5.74, 6) is 1.69. The molecule has 94 valence electrons. The minimum Gasteiger partial charge on any atom is -0.497 e. The van der Waals surface area contributed by atoms with Gasteiger partial charge in [-0.25, -0.2) is 0 Å². The molecule has 0 bridgehead atoms. The van der Waals surface area contributed by atoms with Gasteiger partial charge in [0.05, 0.1) is 20.3 Å². The van der Waals surface area contributed by atoms with Crippen LogP contribution in [0.4, 0.5) is 0 Å². The van der Waals surface area contributed by atoms with Gasteiger partial charge < -0.3 is 20.1 Å². The van der Waals surface area contributed by atoms with Crippen molar-refractivity contribution in [3.8, 4) is 11.5 Å². The topological polar surface area (TPSA) is 42.5 Å². The third kappa shape index (κ3) is 2.53. The normalized spacial score (nSPS) is 24.4. The van der Waals surface area contributed by atoms with Crippen molar-refractivity contribution in [2.45, 2.75) is 19.0 Å². The van der Waals surface area contributed by atoms with Crippen molar-refractivity contribution in [1.29, 1.82) is 0 Å². The summed E-state index contributed by atoms with van der Waals surface area (Å²) in [6, 6.07) is 6.65. The van der Waals surface area contributed by atoms with E-state index in [1.807, 2.05) is 12.1 Å². The number of hydrogen-bond donors (Lipinski definition) is 2. The lowest BCUT2D eigenvalue weighted by Crippen LogP contribution is -2.49. The van der Waals surface area contributed by atoms with E-state index in [2.05, 4.69) is 23.6 Å². The Morgan fingerprint density at radius 3 is 2.53 bits per heavy atom. The van der Waals surface area contributed by atoms with Crippen LogP contribution in [0.1, 0.15) is 18.5 Å². The number of rotatable bonds is 3. The molecule has 1 aromatic rings. The zero-order valence-corrected chi connectivity index (χ0v) is 10.6. The Hall–Kier alpha value is -1.26. The SMILES string of the molecule is COc1ccc(C2NCCNC2C)c(OC)c1. The molecule has 4 heteroatoms. The minimum atomic E-state index is 0.282. The van der Waals surface area contributed by atoms with Crippen LogP contribution in [0, 0.1) is 0 Å². The molecule has 2 atom stereocenters. The van der Waals surface area contributed by atoms with Crippen LogP contribution in [0.2, 0.25) is 0 Å². The quantitative estimate of drug-likeness (QED) is 0.831. The molecule has 0 amide bonds. The largest absolute Gasteiger partial charge is 0.497 e. The first-order valence-electron chi connectivity index (χ1n) is 5.95. The number of methoxy groups -OCH3 is 2. The summed E-state index contributed by atoms with van der Waals surface area (Å²) in [7, 11) is 3.36. The van der Waals surface area contributed by atoms with Crippen molar-refractivity contribution in [2.75, 3.05) is 27.3 Å². The maximum atomic E-state index is 5.44. The Labute approximate surface area is 102 Å². The highest BCUT2D eigenvalue weighted by molar-refractivity contribution is 5.43. The second-order valence-corrected chi connectivity index (χ2v) is 4.28. The van der Waals surface area contributed by atoms with Crippen molar-refractivity contribution in [3.05, 3.63) is 23.8 Å². The average Bonchev–Trinajstić information content (AvgIpc) is 2.38. The van der Waals surface area contributed by atoms with E-state index in [0.29, 0.717) is 6.04 Å². The molecule has 1 saturated heterocycles. The molecule has 1 aromatic carbocycles. The van der Waals surface area contributed by atoms with Crippen molar-refractivity contribution in [3.63, 3.8) is 0 Å². The first-order chi connectivity index (χ1) is 8.26. The zero-order valence-electron chi connectivity index (χ0n) is 10.6. The molecule has 2 rings (SSSR count). The Balaban J connectivity index is 2.30. The lowest BCUT2D eigenvalue weighted by Gasteiger charge is -2.32. The Morgan fingerprint density at radius 1 is 1.12 bits per heavy atom. The summed E-state index contributed by atoms with van der Waals surface area (Å²) in [6.07, 6.45) is 0. The molecule has 1 aliphatic rings. The minimum absolute atomic E-state index is 0.282. The molecule has 0 saturated carbocycles. The van der Waals surface area contributed by atoms with E-state index in [0.717, 1.165) is 24.6 Å². The third-order valence-corrected chi connectivity index (χ3v) is 3.23. The Bertz CT molecular complexity index is 382. The fourth-order valence-corrected chi connectivity index (χ4v) is 2.28. The first kappa shape index (κ1) is 12.2. The van der Waals surface area contributed by atoms with Crippen LogP contribution in [0.25, 0.3) is 0 Å². The molecule has 1 heterocycles. The van der Waals surface area contributed by atoms with Gasteiger partial charge in [0.15, 0.2) is 0 Å². The molecule has 17 heavy (non-hydrogen) atoms. The van der Waals surface area contributed by atoms with Crippen LogP contribution < -0.4 is 20.1 Å². The summed E-state index contributed by atoms with van der Waals surface area (Å²) in [6.45, 7) is 4.17. The number of nitrogens with one attached hydrogen (secondary N) is 2. The van der Waals surface area contributed by atoms with Gasteiger partial charge in [0.25, 0.3) is 0 Å². The standard InChI is InChI=1S/C13H20N2O2/c1-9-13(15-7-6-14-9)11-5-4-10(16-2)8-12(11)17-3/h4-5,8-9,13-15H,6-7H2,1-3H3. The molecule has 0 radical (unpaired) electrons. The van der Waals surface area contributed by atoms with Gasteiger partial charge in [0, 0.05) is 30.8 Å². The summed E-state index contributed by atoms with van der Waals surface area (Å²) in [4.78, 5) is 0. The number of ether oxygens (including phenoxy) is 2. The van der Waals surface area contributed by atoms with Crippen LogP contribution in [0.5, 0.6) is 11.5 Å². The Kier molecular flexibility index (Phi) is 3.86. The van der Waals surface area contributed by atoms with Crippen LogP contribution in [0.3, 0.4) is 0 Å². The molecule has 4 nitrogen and oxygen atoms in total. The number of hydrogen-bond acceptors (Lipinski definition) is 4. The number of piperazine rings is 1. The van der Waals surface area contributed by atoms with Gasteiger partial charge in [-0.15, -0.1) is 0 Å². The monoisotopic (exact) mass is 236 g/mol. The predicted octanol–water partition coefficient (Wildman–Crippen LogP) is 1.33. The van der Waals surface area contributed by atoms with Crippen molar-refractivity contribution in [1.82, 2.24) is 10.6 Å². The highest BCUT2D eigenvalue weighted by atomic mass is 16.5. The maximum absolute atomic E-state index is 5.44. The summed E-state index contributed by atoms with van der Waals surface area (Å²) in [5, 5.41) is 6.98. The van der Waals surface area contributed by atoms with Crippen LogP contribution in [0.15, 0.2) is 18.2 Å². The highest BCUT2D eigenvalue weighted by Crippen LogP contribution is 2.31. The number of benzene rings is 1. The van der Waals surface area contributed by atoms with E-state index < -0.39 is 0 Å². The van der Waals surface area contributed by atoms with E-state index in [4.69, 9.17) is 9.47 Å². The lowest BCUT2D eigenvalue weighted by atomic mass is 9.97. The molecule has 1 aliphatic heterocycles. The van der Waals surface area contributed by atoms with Gasteiger partial charge in [-0.05, 0) is 13.0 Å². The molecular formula is C13H20N2O2. The molecule has 0 aliphatic carbocycles. The van der Waals surface area contributed by atoms with Crippen molar-refractivity contribution in [2.24, 2.45) is 0 Å². The molecule has 2 unspecified atom stereocenters. The fraction of sp³-hybridized carbons (Fsp3) is 0.538. The predicted molar refractivity (Wildman–Crippen MR) is 67.8 cm³/mol. The maximum Gasteiger partial charge on any atom is 0.127 e. The summed E-state index contributed by atoms with van der Waals surface area (Å²) < 4.78 is 10.7. The molecule has 2 N–H and O–H groups in total. The van der Waals surface area contributed by atoms with Crippen molar-refractivity contribution < 1.29 is 9.47 Å². The van der Waals surface area contributed by atoms with E-state index in [-0.39, 0.29) is 6.04 Å².